The molecule has 0 spiro atoms. The summed E-state index contributed by atoms with van der Waals surface area (Å²) >= 11 is 8.76. The maximum absolute atomic E-state index is 13.2. The van der Waals surface area contributed by atoms with Crippen molar-refractivity contribution in [2.24, 2.45) is 0 Å². The largest absolute Gasteiger partial charge is 0.440 e. The van der Waals surface area contributed by atoms with Crippen LogP contribution >= 0.6 is 28.1 Å². The Bertz CT molecular complexity index is 1070. The first kappa shape index (κ1) is 20.8. The molecule has 2 aromatic rings. The van der Waals surface area contributed by atoms with Crippen LogP contribution in [0.5, 0.6) is 0 Å². The number of aryl methyl sites for hydroxylation is 2. The van der Waals surface area contributed by atoms with E-state index in [4.69, 9.17) is 21.4 Å². The van der Waals surface area contributed by atoms with Gasteiger partial charge >= 0.3 is 0 Å². The van der Waals surface area contributed by atoms with Crippen LogP contribution in [0, 0.1) is 13.8 Å². The number of rotatable bonds is 3. The molecule has 1 aromatic carbocycles. The van der Waals surface area contributed by atoms with Gasteiger partial charge in [0, 0.05) is 19.2 Å². The van der Waals surface area contributed by atoms with E-state index in [9.17, 15) is 9.59 Å². The third-order valence-corrected chi connectivity index (χ3v) is 5.98. The third-order valence-electron chi connectivity index (χ3n) is 5.12. The van der Waals surface area contributed by atoms with Gasteiger partial charge in [-0.3, -0.25) is 19.8 Å². The lowest BCUT2D eigenvalue weighted by molar-refractivity contribution is -0.122. The topological polar surface area (TPSA) is 75.0 Å². The average Bonchev–Trinajstić information content (AvgIpc) is 3.08. The lowest BCUT2D eigenvalue weighted by atomic mass is 10.1. The molecule has 1 N–H and O–H groups in total. The highest BCUT2D eigenvalue weighted by atomic mass is 79.9. The van der Waals surface area contributed by atoms with Crippen molar-refractivity contribution < 1.29 is 18.7 Å². The maximum Gasteiger partial charge on any atom is 0.270 e. The monoisotopic (exact) mass is 489 g/mol. The normalized spacial score (nSPS) is 18.9. The minimum absolute atomic E-state index is 0.0448. The predicted octanol–water partition coefficient (Wildman–Crippen LogP) is 3.33. The van der Waals surface area contributed by atoms with Crippen LogP contribution in [-0.2, 0) is 14.3 Å². The molecule has 4 rings (SSSR count). The van der Waals surface area contributed by atoms with E-state index in [-0.39, 0.29) is 10.7 Å². The van der Waals surface area contributed by atoms with E-state index in [0.717, 1.165) is 15.6 Å². The summed E-state index contributed by atoms with van der Waals surface area (Å²) in [4.78, 5) is 29.1. The maximum atomic E-state index is 13.2. The first-order valence-corrected chi connectivity index (χ1v) is 10.7. The Balaban J connectivity index is 1.66. The van der Waals surface area contributed by atoms with Crippen LogP contribution in [0.4, 0.5) is 11.6 Å². The number of ether oxygens (including phenoxy) is 1. The number of carbonyl (C=O) groups is 2. The fourth-order valence-electron chi connectivity index (χ4n) is 3.33. The van der Waals surface area contributed by atoms with Crippen LogP contribution in [-0.4, -0.2) is 43.2 Å². The predicted molar refractivity (Wildman–Crippen MR) is 122 cm³/mol. The van der Waals surface area contributed by atoms with Crippen LogP contribution in [0.1, 0.15) is 16.9 Å². The summed E-state index contributed by atoms with van der Waals surface area (Å²) in [6.07, 6.45) is 1.45. The SMILES string of the molecule is Cc1ccc(N2C(=O)/C(=C/c3cc(Br)c(N4CCOCC4)o3)C(=O)NC2=S)cc1C. The molecule has 2 aliphatic rings. The molecule has 1 aromatic heterocycles. The van der Waals surface area contributed by atoms with Crippen molar-refractivity contribution in [2.75, 3.05) is 36.1 Å². The van der Waals surface area contributed by atoms with E-state index < -0.39 is 11.8 Å². The molecule has 0 unspecified atom stereocenters. The minimum Gasteiger partial charge on any atom is -0.440 e. The van der Waals surface area contributed by atoms with Crippen LogP contribution in [0.25, 0.3) is 6.08 Å². The highest BCUT2D eigenvalue weighted by Gasteiger charge is 2.35. The minimum atomic E-state index is -0.550. The molecule has 2 amide bonds. The second-order valence-corrected chi connectivity index (χ2v) is 8.37. The molecule has 3 heterocycles. The quantitative estimate of drug-likeness (QED) is 0.404. The molecule has 0 aliphatic carbocycles. The Labute approximate surface area is 187 Å². The number of amides is 2. The van der Waals surface area contributed by atoms with Gasteiger partial charge in [0.1, 0.15) is 11.3 Å². The van der Waals surface area contributed by atoms with E-state index in [1.165, 1.54) is 11.0 Å². The lowest BCUT2D eigenvalue weighted by Crippen LogP contribution is -2.54. The smallest absolute Gasteiger partial charge is 0.270 e. The summed E-state index contributed by atoms with van der Waals surface area (Å²) in [5, 5.41) is 2.65. The Morgan fingerprint density at radius 1 is 1.13 bits per heavy atom. The summed E-state index contributed by atoms with van der Waals surface area (Å²) < 4.78 is 12.0. The Hall–Kier alpha value is -2.49. The first-order chi connectivity index (χ1) is 14.3. The third kappa shape index (κ3) is 3.92. The van der Waals surface area contributed by atoms with E-state index in [0.29, 0.717) is 43.6 Å². The average molecular weight is 490 g/mol. The van der Waals surface area contributed by atoms with E-state index >= 15 is 0 Å². The molecule has 0 bridgehead atoms. The van der Waals surface area contributed by atoms with Crippen LogP contribution in [0.2, 0.25) is 0 Å². The molecule has 30 heavy (non-hydrogen) atoms. The van der Waals surface area contributed by atoms with Crippen molar-refractivity contribution in [3.05, 3.63) is 51.2 Å². The van der Waals surface area contributed by atoms with E-state index in [1.807, 2.05) is 32.0 Å². The lowest BCUT2D eigenvalue weighted by Gasteiger charge is -2.29. The highest BCUT2D eigenvalue weighted by Crippen LogP contribution is 2.32. The number of morpholine rings is 1. The molecule has 0 radical (unpaired) electrons. The Kier molecular flexibility index (Phi) is 5.77. The fourth-order valence-corrected chi connectivity index (χ4v) is 4.17. The molecule has 156 valence electrons. The Morgan fingerprint density at radius 3 is 2.57 bits per heavy atom. The van der Waals surface area contributed by atoms with Crippen LogP contribution < -0.4 is 15.1 Å². The first-order valence-electron chi connectivity index (χ1n) is 9.46. The van der Waals surface area contributed by atoms with Gasteiger partial charge in [-0.1, -0.05) is 6.07 Å². The zero-order valence-electron chi connectivity index (χ0n) is 16.5. The number of hydrogen-bond donors (Lipinski definition) is 1. The molecular weight excluding hydrogens is 470 g/mol. The van der Waals surface area contributed by atoms with Gasteiger partial charge in [-0.2, -0.15) is 0 Å². The van der Waals surface area contributed by atoms with Crippen LogP contribution in [0.15, 0.2) is 38.7 Å². The van der Waals surface area contributed by atoms with Gasteiger partial charge in [-0.25, -0.2) is 0 Å². The zero-order valence-corrected chi connectivity index (χ0v) is 18.9. The highest BCUT2D eigenvalue weighted by molar-refractivity contribution is 9.10. The number of nitrogens with zero attached hydrogens (tertiary/aromatic N) is 2. The molecule has 2 saturated heterocycles. The zero-order chi connectivity index (χ0) is 21.4. The van der Waals surface area contributed by atoms with Gasteiger partial charge < -0.3 is 14.1 Å². The number of carbonyl (C=O) groups excluding carboxylic acids is 2. The molecule has 0 saturated carbocycles. The molecule has 2 aliphatic heterocycles. The summed E-state index contributed by atoms with van der Waals surface area (Å²) in [5.74, 6) is 0.00283. The number of furan rings is 1. The summed E-state index contributed by atoms with van der Waals surface area (Å²) in [6.45, 7) is 6.59. The molecule has 7 nitrogen and oxygen atoms in total. The van der Waals surface area contributed by atoms with Gasteiger partial charge in [0.15, 0.2) is 5.11 Å². The second-order valence-electron chi connectivity index (χ2n) is 7.13. The molecule has 9 heteroatoms. The van der Waals surface area contributed by atoms with Crippen molar-refractivity contribution in [3.8, 4) is 0 Å². The number of anilines is 2. The van der Waals surface area contributed by atoms with Gasteiger partial charge in [0.05, 0.1) is 23.4 Å². The summed E-state index contributed by atoms with van der Waals surface area (Å²) in [6, 6.07) is 7.33. The number of halogens is 1. The number of hydrogen-bond acceptors (Lipinski definition) is 6. The van der Waals surface area contributed by atoms with Crippen molar-refractivity contribution in [2.45, 2.75) is 13.8 Å². The fraction of sp³-hybridized carbons (Fsp3) is 0.286. The molecule has 2 fully saturated rings. The van der Waals surface area contributed by atoms with Crippen molar-refractivity contribution in [1.82, 2.24) is 5.32 Å². The standard InChI is InChI=1S/C21H20BrN3O4S/c1-12-3-4-14(9-13(12)2)25-19(27)16(18(26)23-21(25)30)10-15-11-17(22)20(29-15)24-5-7-28-8-6-24/h3-4,9-11H,5-8H2,1-2H3,(H,23,26,30)/b16-10+. The molecular formula is C21H20BrN3O4S. The summed E-state index contributed by atoms with van der Waals surface area (Å²) in [7, 11) is 0. The Morgan fingerprint density at radius 2 is 1.87 bits per heavy atom. The van der Waals surface area contributed by atoms with Gasteiger partial charge in [-0.05, 0) is 71.3 Å². The van der Waals surface area contributed by atoms with Gasteiger partial charge in [0.2, 0.25) is 5.88 Å². The van der Waals surface area contributed by atoms with E-state index in [2.05, 4.69) is 26.1 Å². The second kappa shape index (κ2) is 8.33. The van der Waals surface area contributed by atoms with Crippen LogP contribution in [0.3, 0.4) is 0 Å². The van der Waals surface area contributed by atoms with Crippen molar-refractivity contribution in [3.63, 3.8) is 0 Å². The van der Waals surface area contributed by atoms with Crippen molar-refractivity contribution >= 4 is 62.7 Å². The number of nitrogens with one attached hydrogen (secondary N) is 1. The van der Waals surface area contributed by atoms with Gasteiger partial charge in [0.25, 0.3) is 11.8 Å². The number of thiocarbonyl (C=S) groups is 1. The summed E-state index contributed by atoms with van der Waals surface area (Å²) in [5.41, 5.74) is 2.69. The van der Waals surface area contributed by atoms with Crippen molar-refractivity contribution in [1.29, 1.82) is 0 Å². The molecule has 0 atom stereocenters. The van der Waals surface area contributed by atoms with Gasteiger partial charge in [-0.15, -0.1) is 0 Å². The number of benzene rings is 1. The van der Waals surface area contributed by atoms with E-state index in [1.54, 1.807) is 6.07 Å².